The van der Waals surface area contributed by atoms with Gasteiger partial charge in [0.1, 0.15) is 0 Å². The summed E-state index contributed by atoms with van der Waals surface area (Å²) in [6, 6.07) is 4.56. The molecule has 1 amide bonds. The van der Waals surface area contributed by atoms with Crippen LogP contribution >= 0.6 is 11.6 Å². The molecule has 1 aliphatic carbocycles. The van der Waals surface area contributed by atoms with Crippen LogP contribution < -0.4 is 5.32 Å². The number of hydrogen-bond acceptors (Lipinski definition) is 4. The number of nitrogens with one attached hydrogen (secondary N) is 1. The van der Waals surface area contributed by atoms with Gasteiger partial charge in [0.2, 0.25) is 10.0 Å². The lowest BCUT2D eigenvalue weighted by molar-refractivity contribution is 0.0933. The van der Waals surface area contributed by atoms with Crippen molar-refractivity contribution in [3.05, 3.63) is 28.8 Å². The Kier molecular flexibility index (Phi) is 7.36. The van der Waals surface area contributed by atoms with E-state index in [4.69, 9.17) is 11.6 Å². The lowest BCUT2D eigenvalue weighted by Crippen LogP contribution is -2.48. The molecule has 1 N–H and O–H groups in total. The number of carbonyl (C=O) groups excluding carboxylic acids is 1. The van der Waals surface area contributed by atoms with Crippen LogP contribution in [0, 0.1) is 0 Å². The highest BCUT2D eigenvalue weighted by Gasteiger charge is 2.29. The van der Waals surface area contributed by atoms with Crippen LogP contribution in [0.15, 0.2) is 23.1 Å². The number of likely N-dealkylation sites (N-methyl/N-ethyl adjacent to an activating group) is 1. The monoisotopic (exact) mass is 427 g/mol. The maximum Gasteiger partial charge on any atom is 0.253 e. The van der Waals surface area contributed by atoms with Gasteiger partial charge in [-0.05, 0) is 37.6 Å². The van der Waals surface area contributed by atoms with Crippen LogP contribution in [-0.2, 0) is 10.0 Å². The van der Waals surface area contributed by atoms with Gasteiger partial charge in [0.25, 0.3) is 5.91 Å². The van der Waals surface area contributed by atoms with Gasteiger partial charge in [0.15, 0.2) is 0 Å². The average molecular weight is 428 g/mol. The second-order valence-electron chi connectivity index (χ2n) is 7.64. The van der Waals surface area contributed by atoms with Gasteiger partial charge >= 0.3 is 0 Å². The van der Waals surface area contributed by atoms with Gasteiger partial charge < -0.3 is 10.2 Å². The predicted molar refractivity (Wildman–Crippen MR) is 111 cm³/mol. The van der Waals surface area contributed by atoms with Crippen molar-refractivity contribution >= 4 is 27.5 Å². The summed E-state index contributed by atoms with van der Waals surface area (Å²) >= 11 is 6.24. The highest BCUT2D eigenvalue weighted by molar-refractivity contribution is 7.89. The first-order valence-electron chi connectivity index (χ1n) is 10.2. The minimum atomic E-state index is -3.64. The Morgan fingerprint density at radius 3 is 2.36 bits per heavy atom. The summed E-state index contributed by atoms with van der Waals surface area (Å²) < 4.78 is 27.6. The zero-order valence-electron chi connectivity index (χ0n) is 16.5. The summed E-state index contributed by atoms with van der Waals surface area (Å²) in [7, 11) is -3.64. The smallest absolute Gasteiger partial charge is 0.253 e. The van der Waals surface area contributed by atoms with Crippen molar-refractivity contribution in [1.82, 2.24) is 14.5 Å². The third-order valence-corrected chi connectivity index (χ3v) is 8.01. The minimum Gasteiger partial charge on any atom is -0.349 e. The standard InChI is InChI=1S/C20H30ClN3O3S/c1-2-23-11-13-24(14-12-23)28(26,27)17-9-10-19(21)18(15-17)20(25)22-16-7-5-3-4-6-8-16/h9-10,15-16H,2-8,11-14H2,1H3,(H,22,25). The van der Waals surface area contributed by atoms with E-state index in [1.807, 2.05) is 0 Å². The first-order chi connectivity index (χ1) is 13.4. The van der Waals surface area contributed by atoms with Gasteiger partial charge in [0.05, 0.1) is 15.5 Å². The zero-order chi connectivity index (χ0) is 20.1. The van der Waals surface area contributed by atoms with Crippen LogP contribution in [0.3, 0.4) is 0 Å². The first-order valence-corrected chi connectivity index (χ1v) is 12.1. The van der Waals surface area contributed by atoms with E-state index in [1.54, 1.807) is 0 Å². The number of amides is 1. The van der Waals surface area contributed by atoms with Gasteiger partial charge in [-0.25, -0.2) is 8.42 Å². The summed E-state index contributed by atoms with van der Waals surface area (Å²) in [6.07, 6.45) is 6.54. The molecule has 0 radical (unpaired) electrons. The third-order valence-electron chi connectivity index (χ3n) is 5.79. The molecule has 1 heterocycles. The number of hydrogen-bond donors (Lipinski definition) is 1. The van der Waals surface area contributed by atoms with Gasteiger partial charge in [-0.2, -0.15) is 4.31 Å². The highest BCUT2D eigenvalue weighted by Crippen LogP contribution is 2.25. The summed E-state index contributed by atoms with van der Waals surface area (Å²) in [5.74, 6) is -0.287. The molecule has 8 heteroatoms. The number of nitrogens with zero attached hydrogens (tertiary/aromatic N) is 2. The molecule has 1 aromatic rings. The van der Waals surface area contributed by atoms with Crippen molar-refractivity contribution in [1.29, 1.82) is 0 Å². The molecule has 0 unspecified atom stereocenters. The Labute approximate surface area is 173 Å². The van der Waals surface area contributed by atoms with E-state index >= 15 is 0 Å². The van der Waals surface area contributed by atoms with Gasteiger partial charge in [-0.15, -0.1) is 0 Å². The fourth-order valence-corrected chi connectivity index (χ4v) is 5.61. The van der Waals surface area contributed by atoms with E-state index in [1.165, 1.54) is 35.3 Å². The normalized spacial score (nSPS) is 20.6. The molecule has 0 bridgehead atoms. The zero-order valence-corrected chi connectivity index (χ0v) is 18.1. The molecule has 1 aromatic carbocycles. The van der Waals surface area contributed by atoms with Crippen molar-refractivity contribution in [2.75, 3.05) is 32.7 Å². The molecule has 0 atom stereocenters. The minimum absolute atomic E-state index is 0.132. The van der Waals surface area contributed by atoms with Crippen molar-refractivity contribution < 1.29 is 13.2 Å². The van der Waals surface area contributed by atoms with Crippen molar-refractivity contribution in [3.63, 3.8) is 0 Å². The van der Waals surface area contributed by atoms with Crippen LogP contribution in [0.2, 0.25) is 5.02 Å². The maximum atomic E-state index is 13.0. The van der Waals surface area contributed by atoms with Crippen LogP contribution in [0.4, 0.5) is 0 Å². The predicted octanol–water partition coefficient (Wildman–Crippen LogP) is 3.12. The number of carbonyl (C=O) groups is 1. The fourth-order valence-electron chi connectivity index (χ4n) is 3.96. The molecular weight excluding hydrogens is 398 g/mol. The molecule has 2 aliphatic rings. The molecule has 1 saturated carbocycles. The lowest BCUT2D eigenvalue weighted by atomic mass is 10.1. The molecular formula is C20H30ClN3O3S. The number of sulfonamides is 1. The van der Waals surface area contributed by atoms with E-state index in [9.17, 15) is 13.2 Å². The second-order valence-corrected chi connectivity index (χ2v) is 9.99. The number of halogens is 1. The largest absolute Gasteiger partial charge is 0.349 e. The number of benzene rings is 1. The summed E-state index contributed by atoms with van der Waals surface area (Å²) in [5, 5.41) is 3.33. The fraction of sp³-hybridized carbons (Fsp3) is 0.650. The van der Waals surface area contributed by atoms with Crippen molar-refractivity contribution in [2.24, 2.45) is 0 Å². The van der Waals surface area contributed by atoms with Gasteiger partial charge in [0, 0.05) is 32.2 Å². The Morgan fingerprint density at radius 2 is 1.75 bits per heavy atom. The topological polar surface area (TPSA) is 69.7 Å². The molecule has 3 rings (SSSR count). The first kappa shape index (κ1) is 21.6. The Bertz CT molecular complexity index is 784. The van der Waals surface area contributed by atoms with Crippen LogP contribution in [0.5, 0.6) is 0 Å². The van der Waals surface area contributed by atoms with Crippen LogP contribution in [-0.4, -0.2) is 62.3 Å². The highest BCUT2D eigenvalue weighted by atomic mass is 35.5. The number of piperazine rings is 1. The van der Waals surface area contributed by atoms with Gasteiger partial charge in [-0.1, -0.05) is 44.2 Å². The van der Waals surface area contributed by atoms with Crippen molar-refractivity contribution in [2.45, 2.75) is 56.4 Å². The van der Waals surface area contributed by atoms with E-state index in [0.29, 0.717) is 13.1 Å². The summed E-state index contributed by atoms with van der Waals surface area (Å²) in [4.78, 5) is 15.1. The third kappa shape index (κ3) is 5.06. The Hall–Kier alpha value is -1.15. The Balaban J connectivity index is 1.75. The van der Waals surface area contributed by atoms with E-state index in [-0.39, 0.29) is 27.4 Å². The molecule has 0 aromatic heterocycles. The molecule has 1 saturated heterocycles. The quantitative estimate of drug-likeness (QED) is 0.733. The number of rotatable bonds is 5. The Morgan fingerprint density at radius 1 is 1.11 bits per heavy atom. The summed E-state index contributed by atoms with van der Waals surface area (Å²) in [6.45, 7) is 5.35. The van der Waals surface area contributed by atoms with Crippen LogP contribution in [0.25, 0.3) is 0 Å². The average Bonchev–Trinajstić information content (AvgIpc) is 2.96. The summed E-state index contributed by atoms with van der Waals surface area (Å²) in [5.41, 5.74) is 0.235. The molecule has 28 heavy (non-hydrogen) atoms. The molecule has 2 fully saturated rings. The SMILES string of the molecule is CCN1CCN(S(=O)(=O)c2ccc(Cl)c(C(=O)NC3CCCCCC3)c2)CC1. The van der Waals surface area contributed by atoms with E-state index < -0.39 is 10.0 Å². The van der Waals surface area contributed by atoms with E-state index in [0.717, 1.165) is 45.3 Å². The second kappa shape index (κ2) is 9.57. The molecule has 1 aliphatic heterocycles. The maximum absolute atomic E-state index is 13.0. The lowest BCUT2D eigenvalue weighted by Gasteiger charge is -2.33. The molecule has 0 spiro atoms. The molecule has 156 valence electrons. The van der Waals surface area contributed by atoms with Gasteiger partial charge in [-0.3, -0.25) is 4.79 Å². The van der Waals surface area contributed by atoms with Crippen molar-refractivity contribution in [3.8, 4) is 0 Å². The van der Waals surface area contributed by atoms with E-state index in [2.05, 4.69) is 17.1 Å². The molecule has 6 nitrogen and oxygen atoms in total. The van der Waals surface area contributed by atoms with Crippen LogP contribution in [0.1, 0.15) is 55.8 Å².